The Morgan fingerprint density at radius 2 is 2.10 bits per heavy atom. The summed E-state index contributed by atoms with van der Waals surface area (Å²) in [5.74, 6) is 0.364. The number of carbonyl (C=O) groups is 1. The lowest BCUT2D eigenvalue weighted by molar-refractivity contribution is -0.117. The number of nitrogens with zero attached hydrogens (tertiary/aromatic N) is 1. The molecule has 1 saturated carbocycles. The number of carbonyl (C=O) groups excluding carboxylic acids is 1. The summed E-state index contributed by atoms with van der Waals surface area (Å²) >= 11 is 1.65. The molecular formula is C17H20N2OS. The van der Waals surface area contributed by atoms with Gasteiger partial charge in [0.05, 0.1) is 5.69 Å². The van der Waals surface area contributed by atoms with E-state index in [1.54, 1.807) is 11.3 Å². The summed E-state index contributed by atoms with van der Waals surface area (Å²) in [7, 11) is 0. The summed E-state index contributed by atoms with van der Waals surface area (Å²) < 4.78 is 0. The first-order valence-electron chi connectivity index (χ1n) is 7.31. The molecule has 0 saturated heterocycles. The smallest absolute Gasteiger partial charge is 0.227 e. The molecule has 1 amide bonds. The van der Waals surface area contributed by atoms with Crippen molar-refractivity contribution < 1.29 is 4.79 Å². The number of nitrogens with one attached hydrogen (secondary N) is 1. The lowest BCUT2D eigenvalue weighted by Crippen LogP contribution is -2.13. The van der Waals surface area contributed by atoms with Gasteiger partial charge in [0.1, 0.15) is 5.01 Å². The van der Waals surface area contributed by atoms with Crippen LogP contribution in [0, 0.1) is 5.92 Å². The molecule has 21 heavy (non-hydrogen) atoms. The summed E-state index contributed by atoms with van der Waals surface area (Å²) in [6.45, 7) is 6.49. The Labute approximate surface area is 129 Å². The number of thiazole rings is 1. The van der Waals surface area contributed by atoms with E-state index in [1.807, 2.05) is 24.3 Å². The van der Waals surface area contributed by atoms with E-state index in [9.17, 15) is 4.79 Å². The van der Waals surface area contributed by atoms with Crippen LogP contribution >= 0.6 is 11.3 Å². The summed E-state index contributed by atoms with van der Waals surface area (Å²) in [5, 5.41) is 6.11. The Morgan fingerprint density at radius 1 is 1.33 bits per heavy atom. The van der Waals surface area contributed by atoms with Crippen LogP contribution < -0.4 is 5.32 Å². The van der Waals surface area contributed by atoms with E-state index in [4.69, 9.17) is 4.98 Å². The summed E-state index contributed by atoms with van der Waals surface area (Å²) in [5.41, 5.74) is 3.09. The van der Waals surface area contributed by atoms with Crippen LogP contribution in [-0.4, -0.2) is 10.9 Å². The quantitative estimate of drug-likeness (QED) is 0.909. The molecule has 1 N–H and O–H groups in total. The second kappa shape index (κ2) is 5.26. The Hall–Kier alpha value is -1.68. The van der Waals surface area contributed by atoms with Gasteiger partial charge in [-0.15, -0.1) is 11.3 Å². The van der Waals surface area contributed by atoms with Gasteiger partial charge in [-0.3, -0.25) is 4.79 Å². The number of benzene rings is 1. The highest BCUT2D eigenvalue weighted by molar-refractivity contribution is 7.13. The van der Waals surface area contributed by atoms with Gasteiger partial charge in [0.25, 0.3) is 0 Å². The first-order chi connectivity index (χ1) is 9.93. The first-order valence-corrected chi connectivity index (χ1v) is 8.19. The fourth-order valence-electron chi connectivity index (χ4n) is 2.07. The van der Waals surface area contributed by atoms with Crippen molar-refractivity contribution in [2.45, 2.75) is 39.0 Å². The highest BCUT2D eigenvalue weighted by Crippen LogP contribution is 2.32. The van der Waals surface area contributed by atoms with Crippen molar-refractivity contribution >= 4 is 22.9 Å². The number of hydrogen-bond donors (Lipinski definition) is 1. The maximum atomic E-state index is 11.8. The molecule has 0 atom stereocenters. The molecule has 0 radical (unpaired) electrons. The van der Waals surface area contributed by atoms with Gasteiger partial charge in [-0.25, -0.2) is 4.98 Å². The largest absolute Gasteiger partial charge is 0.326 e. The SMILES string of the molecule is CC(C)(C)c1csc(-c2cccc(NC(=O)C3CC3)c2)n1. The third-order valence-corrected chi connectivity index (χ3v) is 4.49. The van der Waals surface area contributed by atoms with Gasteiger partial charge >= 0.3 is 0 Å². The number of rotatable bonds is 3. The molecule has 3 nitrogen and oxygen atoms in total. The average Bonchev–Trinajstić information content (AvgIpc) is 3.14. The molecule has 0 aliphatic heterocycles. The van der Waals surface area contributed by atoms with Gasteiger partial charge in [-0.1, -0.05) is 32.9 Å². The molecule has 0 bridgehead atoms. The maximum Gasteiger partial charge on any atom is 0.227 e. The molecule has 3 rings (SSSR count). The Bertz CT molecular complexity index is 665. The van der Waals surface area contributed by atoms with Crippen LogP contribution in [0.5, 0.6) is 0 Å². The minimum Gasteiger partial charge on any atom is -0.326 e. The van der Waals surface area contributed by atoms with Crippen molar-refractivity contribution in [3.05, 3.63) is 35.3 Å². The molecule has 1 aromatic carbocycles. The molecule has 4 heteroatoms. The topological polar surface area (TPSA) is 42.0 Å². The van der Waals surface area contributed by atoms with Crippen molar-refractivity contribution in [2.24, 2.45) is 5.92 Å². The molecule has 2 aromatic rings. The summed E-state index contributed by atoms with van der Waals surface area (Å²) in [6, 6.07) is 7.95. The zero-order chi connectivity index (χ0) is 15.0. The Kier molecular flexibility index (Phi) is 3.57. The molecule has 0 unspecified atom stereocenters. The fourth-order valence-corrected chi connectivity index (χ4v) is 3.11. The van der Waals surface area contributed by atoms with Crippen LogP contribution in [0.25, 0.3) is 10.6 Å². The van der Waals surface area contributed by atoms with E-state index in [2.05, 4.69) is 31.5 Å². The molecule has 0 spiro atoms. The van der Waals surface area contributed by atoms with Gasteiger partial charge in [0.2, 0.25) is 5.91 Å². The van der Waals surface area contributed by atoms with Crippen LogP contribution in [0.3, 0.4) is 0 Å². The highest BCUT2D eigenvalue weighted by Gasteiger charge is 2.29. The van der Waals surface area contributed by atoms with Crippen molar-refractivity contribution in [2.75, 3.05) is 5.32 Å². The average molecular weight is 300 g/mol. The van der Waals surface area contributed by atoms with E-state index in [0.717, 1.165) is 34.8 Å². The number of aromatic nitrogens is 1. The second-order valence-corrected chi connectivity index (χ2v) is 7.49. The van der Waals surface area contributed by atoms with Gasteiger partial charge in [0, 0.05) is 28.0 Å². The summed E-state index contributed by atoms with van der Waals surface area (Å²) in [6.07, 6.45) is 2.04. The van der Waals surface area contributed by atoms with E-state index >= 15 is 0 Å². The third-order valence-electron chi connectivity index (χ3n) is 3.60. The fraction of sp³-hybridized carbons (Fsp3) is 0.412. The minimum atomic E-state index is 0.0621. The lowest BCUT2D eigenvalue weighted by Gasteiger charge is -2.14. The van der Waals surface area contributed by atoms with Crippen molar-refractivity contribution in [3.8, 4) is 10.6 Å². The molecule has 1 fully saturated rings. The Balaban J connectivity index is 1.82. The minimum absolute atomic E-state index is 0.0621. The molecular weight excluding hydrogens is 280 g/mol. The predicted molar refractivity (Wildman–Crippen MR) is 87.6 cm³/mol. The monoisotopic (exact) mass is 300 g/mol. The van der Waals surface area contributed by atoms with Crippen LogP contribution in [0.2, 0.25) is 0 Å². The standard InChI is InChI=1S/C17H20N2OS/c1-17(2,3)14-10-21-16(19-14)12-5-4-6-13(9-12)18-15(20)11-7-8-11/h4-6,9-11H,7-8H2,1-3H3,(H,18,20). The van der Waals surface area contributed by atoms with Crippen molar-refractivity contribution in [1.82, 2.24) is 4.98 Å². The first kappa shape index (κ1) is 14.3. The van der Waals surface area contributed by atoms with Gasteiger partial charge in [0.15, 0.2) is 0 Å². The van der Waals surface area contributed by atoms with Gasteiger partial charge < -0.3 is 5.32 Å². The van der Waals surface area contributed by atoms with E-state index in [1.165, 1.54) is 0 Å². The zero-order valence-corrected chi connectivity index (χ0v) is 13.5. The number of hydrogen-bond acceptors (Lipinski definition) is 3. The molecule has 1 aliphatic carbocycles. The van der Waals surface area contributed by atoms with Crippen molar-refractivity contribution in [1.29, 1.82) is 0 Å². The predicted octanol–water partition coefficient (Wildman–Crippen LogP) is 4.46. The van der Waals surface area contributed by atoms with Crippen LogP contribution in [0.4, 0.5) is 5.69 Å². The number of anilines is 1. The van der Waals surface area contributed by atoms with Crippen molar-refractivity contribution in [3.63, 3.8) is 0 Å². The molecule has 1 aromatic heterocycles. The molecule has 1 aliphatic rings. The van der Waals surface area contributed by atoms with E-state index in [0.29, 0.717) is 0 Å². The molecule has 110 valence electrons. The number of amides is 1. The van der Waals surface area contributed by atoms with Gasteiger partial charge in [-0.05, 0) is 25.0 Å². The van der Waals surface area contributed by atoms with Gasteiger partial charge in [-0.2, -0.15) is 0 Å². The lowest BCUT2D eigenvalue weighted by atomic mass is 9.93. The third kappa shape index (κ3) is 3.32. The van der Waals surface area contributed by atoms with E-state index < -0.39 is 0 Å². The second-order valence-electron chi connectivity index (χ2n) is 6.63. The van der Waals surface area contributed by atoms with Crippen LogP contribution in [-0.2, 0) is 10.2 Å². The van der Waals surface area contributed by atoms with Crippen LogP contribution in [0.1, 0.15) is 39.3 Å². The highest BCUT2D eigenvalue weighted by atomic mass is 32.1. The van der Waals surface area contributed by atoms with Crippen LogP contribution in [0.15, 0.2) is 29.6 Å². The maximum absolute atomic E-state index is 11.8. The Morgan fingerprint density at radius 3 is 2.71 bits per heavy atom. The van der Waals surface area contributed by atoms with E-state index in [-0.39, 0.29) is 17.2 Å². The zero-order valence-electron chi connectivity index (χ0n) is 12.6. The molecule has 1 heterocycles. The summed E-state index contributed by atoms with van der Waals surface area (Å²) in [4.78, 5) is 16.6. The normalized spacial score (nSPS) is 15.0.